The summed E-state index contributed by atoms with van der Waals surface area (Å²) in [6, 6.07) is 0. The number of aliphatic hydroxyl groups excluding tert-OH is 2. The van der Waals surface area contributed by atoms with Crippen LogP contribution >= 0.6 is 0 Å². The number of carboxylic acid groups (broad SMARTS) is 1. The van der Waals surface area contributed by atoms with E-state index in [1.165, 1.54) is 50.5 Å². The lowest BCUT2D eigenvalue weighted by Gasteiger charge is -2.44. The van der Waals surface area contributed by atoms with Crippen molar-refractivity contribution in [2.75, 3.05) is 0 Å². The van der Waals surface area contributed by atoms with E-state index in [0.717, 1.165) is 29.7 Å². The Balaban J connectivity index is 1.75. The molecule has 186 valence electrons. The predicted molar refractivity (Wildman–Crippen MR) is 134 cm³/mol. The van der Waals surface area contributed by atoms with E-state index in [4.69, 9.17) is 0 Å². The molecule has 3 aliphatic rings. The van der Waals surface area contributed by atoms with Gasteiger partial charge < -0.3 is 15.3 Å². The van der Waals surface area contributed by atoms with Crippen LogP contribution in [-0.4, -0.2) is 33.5 Å². The van der Waals surface area contributed by atoms with Gasteiger partial charge in [-0.05, 0) is 85.2 Å². The van der Waals surface area contributed by atoms with Crippen molar-refractivity contribution < 1.29 is 20.1 Å². The lowest BCUT2D eigenvalue weighted by atomic mass is 9.60. The molecular formula is C29H46O4. The number of aliphatic hydroxyl groups is 2. The van der Waals surface area contributed by atoms with Crippen molar-refractivity contribution in [3.05, 3.63) is 35.5 Å². The Labute approximate surface area is 200 Å². The molecule has 33 heavy (non-hydrogen) atoms. The fourth-order valence-corrected chi connectivity index (χ4v) is 7.28. The van der Waals surface area contributed by atoms with Crippen molar-refractivity contribution in [2.45, 2.75) is 104 Å². The average molecular weight is 459 g/mol. The van der Waals surface area contributed by atoms with Crippen LogP contribution in [0.2, 0.25) is 0 Å². The molecule has 0 aromatic heterocycles. The molecule has 0 aliphatic heterocycles. The topological polar surface area (TPSA) is 77.8 Å². The van der Waals surface area contributed by atoms with Gasteiger partial charge in [0.25, 0.3) is 0 Å². The van der Waals surface area contributed by atoms with E-state index in [9.17, 15) is 20.1 Å². The van der Waals surface area contributed by atoms with Crippen LogP contribution in [0.25, 0.3) is 0 Å². The van der Waals surface area contributed by atoms with Crippen molar-refractivity contribution in [1.29, 1.82) is 0 Å². The standard InChI is InChI=1S/C29H46O4/c1-18(2)8-6-9-19(3)25-13-14-26-21(10-7-15-29(25,26)5)11-12-22-16-23(30)17-24(20(22)4)27(31)28(32)33/h11-12,18-19,23-27,30-31H,4,6-10,13-17H2,1-3,5H3,(H,32,33)/b21-11?,22-12-/t19-,23-,24?,25-,26?,27?,29-/m1/s1. The minimum Gasteiger partial charge on any atom is -0.479 e. The summed E-state index contributed by atoms with van der Waals surface area (Å²) in [6.45, 7) is 13.7. The zero-order valence-electron chi connectivity index (χ0n) is 21.2. The lowest BCUT2D eigenvalue weighted by molar-refractivity contribution is -0.149. The first-order valence-electron chi connectivity index (χ1n) is 13.2. The number of hydrogen-bond acceptors (Lipinski definition) is 3. The van der Waals surface area contributed by atoms with Crippen LogP contribution in [0, 0.1) is 35.0 Å². The third kappa shape index (κ3) is 5.82. The molecule has 0 saturated heterocycles. The van der Waals surface area contributed by atoms with Crippen LogP contribution in [-0.2, 0) is 4.79 Å². The third-order valence-electron chi connectivity index (χ3n) is 9.14. The number of fused-ring (bicyclic) bond motifs is 1. The zero-order chi connectivity index (χ0) is 24.3. The molecule has 0 bridgehead atoms. The van der Waals surface area contributed by atoms with E-state index in [1.807, 2.05) is 0 Å². The number of rotatable bonds is 8. The van der Waals surface area contributed by atoms with Gasteiger partial charge in [-0.15, -0.1) is 0 Å². The molecule has 3 N–H and O–H groups in total. The molecule has 0 amide bonds. The second-order valence-electron chi connectivity index (χ2n) is 11.8. The van der Waals surface area contributed by atoms with Crippen molar-refractivity contribution in [3.63, 3.8) is 0 Å². The number of carboxylic acids is 1. The predicted octanol–water partition coefficient (Wildman–Crippen LogP) is 6.29. The van der Waals surface area contributed by atoms with Crippen LogP contribution in [0.15, 0.2) is 35.5 Å². The van der Waals surface area contributed by atoms with Crippen molar-refractivity contribution >= 4 is 5.97 Å². The van der Waals surface area contributed by atoms with Crippen LogP contribution < -0.4 is 0 Å². The van der Waals surface area contributed by atoms with Gasteiger partial charge >= 0.3 is 5.97 Å². The van der Waals surface area contributed by atoms with E-state index in [1.54, 1.807) is 0 Å². The first-order valence-corrected chi connectivity index (χ1v) is 13.2. The van der Waals surface area contributed by atoms with Gasteiger partial charge in [-0.3, -0.25) is 0 Å². The van der Waals surface area contributed by atoms with Gasteiger partial charge in [0.2, 0.25) is 0 Å². The second kappa shape index (κ2) is 10.9. The van der Waals surface area contributed by atoms with Gasteiger partial charge in [-0.2, -0.15) is 0 Å². The maximum atomic E-state index is 11.3. The summed E-state index contributed by atoms with van der Waals surface area (Å²) in [4.78, 5) is 11.3. The quantitative estimate of drug-likeness (QED) is 0.399. The molecule has 3 unspecified atom stereocenters. The van der Waals surface area contributed by atoms with Crippen LogP contribution in [0.3, 0.4) is 0 Å². The normalized spacial score (nSPS) is 36.9. The SMILES string of the molecule is C=C1/C(=C\C=C2CCC[C@@]3(C)C2CC[C@@H]3[C@H](C)CCCC(C)C)C[C@@H](O)CC1C(O)C(=O)O. The fraction of sp³-hybridized carbons (Fsp3) is 0.759. The first kappa shape index (κ1) is 26.2. The molecule has 7 atom stereocenters. The summed E-state index contributed by atoms with van der Waals surface area (Å²) in [7, 11) is 0. The Hall–Kier alpha value is -1.39. The minimum absolute atomic E-state index is 0.247. The van der Waals surface area contributed by atoms with Crippen LogP contribution in [0.4, 0.5) is 0 Å². The van der Waals surface area contributed by atoms with Gasteiger partial charge in [-0.25, -0.2) is 4.79 Å². The summed E-state index contributed by atoms with van der Waals surface area (Å²) in [5.41, 5.74) is 3.42. The van der Waals surface area contributed by atoms with E-state index in [-0.39, 0.29) is 6.42 Å². The van der Waals surface area contributed by atoms with Gasteiger partial charge in [-0.1, -0.05) is 71.3 Å². The Kier molecular flexibility index (Phi) is 8.66. The first-order chi connectivity index (χ1) is 15.5. The molecule has 4 nitrogen and oxygen atoms in total. The summed E-state index contributed by atoms with van der Waals surface area (Å²) >= 11 is 0. The van der Waals surface area contributed by atoms with Crippen LogP contribution in [0.1, 0.15) is 91.9 Å². The van der Waals surface area contributed by atoms with E-state index >= 15 is 0 Å². The molecule has 0 aromatic carbocycles. The van der Waals surface area contributed by atoms with E-state index in [0.29, 0.717) is 23.3 Å². The van der Waals surface area contributed by atoms with Crippen molar-refractivity contribution in [2.24, 2.45) is 35.0 Å². The lowest BCUT2D eigenvalue weighted by Crippen LogP contribution is -2.36. The average Bonchev–Trinajstić information content (AvgIpc) is 3.10. The molecule has 4 heteroatoms. The van der Waals surface area contributed by atoms with Gasteiger partial charge in [0.15, 0.2) is 6.10 Å². The molecule has 0 radical (unpaired) electrons. The van der Waals surface area contributed by atoms with Gasteiger partial charge in [0, 0.05) is 5.92 Å². The highest BCUT2D eigenvalue weighted by atomic mass is 16.4. The molecular weight excluding hydrogens is 412 g/mol. The highest BCUT2D eigenvalue weighted by molar-refractivity contribution is 5.73. The molecule has 0 heterocycles. The molecule has 0 aromatic rings. The minimum atomic E-state index is -1.52. The second-order valence-corrected chi connectivity index (χ2v) is 11.8. The summed E-state index contributed by atoms with van der Waals surface area (Å²) in [5.74, 6) is 1.06. The van der Waals surface area contributed by atoms with E-state index in [2.05, 4.69) is 46.4 Å². The van der Waals surface area contributed by atoms with Crippen LogP contribution in [0.5, 0.6) is 0 Å². The fourth-order valence-electron chi connectivity index (χ4n) is 7.28. The Morgan fingerprint density at radius 2 is 1.94 bits per heavy atom. The molecule has 3 aliphatic carbocycles. The summed E-state index contributed by atoms with van der Waals surface area (Å²) in [5, 5.41) is 29.6. The number of hydrogen-bond donors (Lipinski definition) is 3. The molecule has 3 saturated carbocycles. The molecule has 3 fully saturated rings. The van der Waals surface area contributed by atoms with E-state index < -0.39 is 24.1 Å². The third-order valence-corrected chi connectivity index (χ3v) is 9.14. The highest BCUT2D eigenvalue weighted by Gasteiger charge is 2.50. The largest absolute Gasteiger partial charge is 0.479 e. The Morgan fingerprint density at radius 1 is 1.21 bits per heavy atom. The Morgan fingerprint density at radius 3 is 2.61 bits per heavy atom. The molecule has 0 spiro atoms. The maximum absolute atomic E-state index is 11.3. The van der Waals surface area contributed by atoms with Crippen molar-refractivity contribution in [3.8, 4) is 0 Å². The number of carbonyl (C=O) groups is 1. The highest BCUT2D eigenvalue weighted by Crippen LogP contribution is 2.60. The zero-order valence-corrected chi connectivity index (χ0v) is 21.2. The van der Waals surface area contributed by atoms with Gasteiger partial charge in [0.1, 0.15) is 0 Å². The summed E-state index contributed by atoms with van der Waals surface area (Å²) in [6.07, 6.45) is 13.1. The monoisotopic (exact) mass is 458 g/mol. The maximum Gasteiger partial charge on any atom is 0.333 e. The molecule has 3 rings (SSSR count). The smallest absolute Gasteiger partial charge is 0.333 e. The summed E-state index contributed by atoms with van der Waals surface area (Å²) < 4.78 is 0. The number of aliphatic carboxylic acids is 1. The number of allylic oxidation sites excluding steroid dienone is 3. The Bertz CT molecular complexity index is 778. The van der Waals surface area contributed by atoms with Crippen molar-refractivity contribution in [1.82, 2.24) is 0 Å². The van der Waals surface area contributed by atoms with Gasteiger partial charge in [0.05, 0.1) is 6.10 Å².